The summed E-state index contributed by atoms with van der Waals surface area (Å²) in [4.78, 5) is 15.2. The highest BCUT2D eigenvalue weighted by molar-refractivity contribution is 6.03. The van der Waals surface area contributed by atoms with E-state index in [1.807, 2.05) is 0 Å². The van der Waals surface area contributed by atoms with E-state index in [4.69, 9.17) is 9.84 Å². The number of hydrogen-bond donors (Lipinski definition) is 1. The van der Waals surface area contributed by atoms with Gasteiger partial charge in [-0.1, -0.05) is 0 Å². The van der Waals surface area contributed by atoms with E-state index in [1.165, 1.54) is 25.3 Å². The Morgan fingerprint density at radius 1 is 1.41 bits per heavy atom. The molecule has 0 amide bonds. The minimum absolute atomic E-state index is 0.00523. The third-order valence-electron chi connectivity index (χ3n) is 2.44. The first-order valence-electron chi connectivity index (χ1n) is 4.91. The van der Waals surface area contributed by atoms with Crippen LogP contribution >= 0.6 is 0 Å². The molecule has 1 aromatic heterocycles. The van der Waals surface area contributed by atoms with Gasteiger partial charge >= 0.3 is 5.97 Å². The van der Waals surface area contributed by atoms with Crippen LogP contribution in [-0.2, 0) is 0 Å². The minimum atomic E-state index is -1.07. The number of rotatable bonds is 2. The third-order valence-corrected chi connectivity index (χ3v) is 2.44. The van der Waals surface area contributed by atoms with Crippen LogP contribution in [0.4, 0.5) is 4.39 Å². The molecule has 88 valence electrons. The van der Waals surface area contributed by atoms with E-state index in [9.17, 15) is 9.18 Å². The van der Waals surface area contributed by atoms with E-state index < -0.39 is 11.8 Å². The maximum Gasteiger partial charge on any atom is 0.336 e. The first kappa shape index (κ1) is 11.3. The van der Waals surface area contributed by atoms with Crippen molar-refractivity contribution in [2.75, 3.05) is 7.11 Å². The number of hydrogen-bond acceptors (Lipinski definition) is 3. The third kappa shape index (κ3) is 1.91. The number of ether oxygens (including phenoxy) is 1. The van der Waals surface area contributed by atoms with Crippen LogP contribution in [0.3, 0.4) is 0 Å². The zero-order valence-electron chi connectivity index (χ0n) is 9.32. The SMILES string of the molecule is COc1cc2c(C(=O)O)cc(C)nc2cc1F. The van der Waals surface area contributed by atoms with Gasteiger partial charge in [0.1, 0.15) is 0 Å². The van der Waals surface area contributed by atoms with Crippen LogP contribution in [0.15, 0.2) is 18.2 Å². The molecule has 0 saturated carbocycles. The Bertz CT molecular complexity index is 610. The van der Waals surface area contributed by atoms with Crippen molar-refractivity contribution < 1.29 is 19.0 Å². The highest BCUT2D eigenvalue weighted by Crippen LogP contribution is 2.26. The Morgan fingerprint density at radius 3 is 2.71 bits per heavy atom. The van der Waals surface area contributed by atoms with Gasteiger partial charge in [0.05, 0.1) is 18.2 Å². The van der Waals surface area contributed by atoms with E-state index in [-0.39, 0.29) is 11.3 Å². The molecule has 2 rings (SSSR count). The number of fused-ring (bicyclic) bond motifs is 1. The average Bonchev–Trinajstić information content (AvgIpc) is 2.26. The van der Waals surface area contributed by atoms with Gasteiger partial charge in [-0.05, 0) is 19.1 Å². The number of methoxy groups -OCH3 is 1. The van der Waals surface area contributed by atoms with Crippen molar-refractivity contribution in [3.63, 3.8) is 0 Å². The molecule has 0 fully saturated rings. The van der Waals surface area contributed by atoms with Crippen LogP contribution in [0.25, 0.3) is 10.9 Å². The number of aromatic nitrogens is 1. The summed E-state index contributed by atoms with van der Waals surface area (Å²) in [5, 5.41) is 9.44. The highest BCUT2D eigenvalue weighted by atomic mass is 19.1. The Hall–Kier alpha value is -2.17. The molecule has 1 heterocycles. The van der Waals surface area contributed by atoms with Crippen molar-refractivity contribution in [2.45, 2.75) is 6.92 Å². The van der Waals surface area contributed by atoms with Gasteiger partial charge in [0.15, 0.2) is 11.6 Å². The van der Waals surface area contributed by atoms with E-state index in [1.54, 1.807) is 6.92 Å². The molecule has 0 atom stereocenters. The Morgan fingerprint density at radius 2 is 2.12 bits per heavy atom. The van der Waals surface area contributed by atoms with Gasteiger partial charge in [0.2, 0.25) is 0 Å². The molecule has 2 aromatic rings. The fourth-order valence-corrected chi connectivity index (χ4v) is 1.69. The molecule has 5 heteroatoms. The van der Waals surface area contributed by atoms with Gasteiger partial charge in [-0.25, -0.2) is 9.18 Å². The smallest absolute Gasteiger partial charge is 0.336 e. The lowest BCUT2D eigenvalue weighted by atomic mass is 10.1. The summed E-state index contributed by atoms with van der Waals surface area (Å²) < 4.78 is 18.3. The Kier molecular flexibility index (Phi) is 2.67. The lowest BCUT2D eigenvalue weighted by Crippen LogP contribution is -2.01. The zero-order valence-corrected chi connectivity index (χ0v) is 9.32. The second-order valence-electron chi connectivity index (χ2n) is 3.62. The molecule has 0 unspecified atom stereocenters. The molecular formula is C12H10FNO3. The van der Waals surface area contributed by atoms with Gasteiger partial charge in [0.25, 0.3) is 0 Å². The predicted octanol–water partition coefficient (Wildman–Crippen LogP) is 2.39. The van der Waals surface area contributed by atoms with Crippen molar-refractivity contribution in [1.82, 2.24) is 4.98 Å². The normalized spacial score (nSPS) is 10.5. The summed E-state index contributed by atoms with van der Waals surface area (Å²) in [5.74, 6) is -1.63. The molecule has 1 N–H and O–H groups in total. The summed E-state index contributed by atoms with van der Waals surface area (Å²) in [5.41, 5.74) is 0.922. The molecule has 0 bridgehead atoms. The molecule has 0 radical (unpaired) electrons. The highest BCUT2D eigenvalue weighted by Gasteiger charge is 2.14. The quantitative estimate of drug-likeness (QED) is 0.868. The lowest BCUT2D eigenvalue weighted by Gasteiger charge is -2.07. The fourth-order valence-electron chi connectivity index (χ4n) is 1.69. The monoisotopic (exact) mass is 235 g/mol. The van der Waals surface area contributed by atoms with E-state index in [0.29, 0.717) is 16.6 Å². The molecule has 0 aliphatic carbocycles. The molecule has 0 spiro atoms. The largest absolute Gasteiger partial charge is 0.494 e. The van der Waals surface area contributed by atoms with E-state index >= 15 is 0 Å². The Labute approximate surface area is 96.7 Å². The number of aryl methyl sites for hydroxylation is 1. The van der Waals surface area contributed by atoms with Crippen LogP contribution in [0.2, 0.25) is 0 Å². The zero-order chi connectivity index (χ0) is 12.6. The second-order valence-corrected chi connectivity index (χ2v) is 3.62. The van der Waals surface area contributed by atoms with Crippen molar-refractivity contribution in [3.05, 3.63) is 35.3 Å². The Balaban J connectivity index is 2.86. The molecular weight excluding hydrogens is 225 g/mol. The minimum Gasteiger partial charge on any atom is -0.494 e. The summed E-state index contributed by atoms with van der Waals surface area (Å²) >= 11 is 0. The summed E-state index contributed by atoms with van der Waals surface area (Å²) in [6, 6.07) is 3.97. The molecule has 0 aliphatic heterocycles. The first-order valence-corrected chi connectivity index (χ1v) is 4.91. The van der Waals surface area contributed by atoms with Gasteiger partial charge in [-0.3, -0.25) is 4.98 Å². The van der Waals surface area contributed by atoms with Crippen molar-refractivity contribution in [2.24, 2.45) is 0 Å². The topological polar surface area (TPSA) is 59.4 Å². The van der Waals surface area contributed by atoms with Crippen LogP contribution in [0.5, 0.6) is 5.75 Å². The van der Waals surface area contributed by atoms with Crippen LogP contribution in [0.1, 0.15) is 16.1 Å². The number of carboxylic acids is 1. The lowest BCUT2D eigenvalue weighted by molar-refractivity contribution is 0.0699. The van der Waals surface area contributed by atoms with E-state index in [0.717, 1.165) is 0 Å². The van der Waals surface area contributed by atoms with Gasteiger partial charge < -0.3 is 9.84 Å². The summed E-state index contributed by atoms with van der Waals surface area (Å²) in [7, 11) is 1.33. The molecule has 0 saturated heterocycles. The summed E-state index contributed by atoms with van der Waals surface area (Å²) in [6.07, 6.45) is 0. The number of carbonyl (C=O) groups is 1. The maximum atomic E-state index is 13.5. The molecule has 1 aromatic carbocycles. The van der Waals surface area contributed by atoms with E-state index in [2.05, 4.69) is 4.98 Å². The van der Waals surface area contributed by atoms with Gasteiger partial charge in [-0.15, -0.1) is 0 Å². The van der Waals surface area contributed by atoms with Crippen LogP contribution in [0, 0.1) is 12.7 Å². The second kappa shape index (κ2) is 4.01. The fraction of sp³-hybridized carbons (Fsp3) is 0.167. The number of pyridine rings is 1. The number of benzene rings is 1. The number of halogens is 1. The van der Waals surface area contributed by atoms with Gasteiger partial charge in [-0.2, -0.15) is 0 Å². The number of nitrogens with zero attached hydrogens (tertiary/aromatic N) is 1. The van der Waals surface area contributed by atoms with Crippen molar-refractivity contribution >= 4 is 16.9 Å². The molecule has 4 nitrogen and oxygen atoms in total. The predicted molar refractivity (Wildman–Crippen MR) is 59.9 cm³/mol. The van der Waals surface area contributed by atoms with Crippen LogP contribution < -0.4 is 4.74 Å². The summed E-state index contributed by atoms with van der Waals surface area (Å²) in [6.45, 7) is 1.66. The van der Waals surface area contributed by atoms with Crippen molar-refractivity contribution in [3.8, 4) is 5.75 Å². The molecule has 17 heavy (non-hydrogen) atoms. The van der Waals surface area contributed by atoms with Crippen molar-refractivity contribution in [1.29, 1.82) is 0 Å². The average molecular weight is 235 g/mol. The molecule has 0 aliphatic rings. The number of carboxylic acid groups (broad SMARTS) is 1. The first-order chi connectivity index (χ1) is 8.02. The number of aromatic carboxylic acids is 1. The standard InChI is InChI=1S/C12H10FNO3/c1-6-3-8(12(15)16)7-4-11(17-2)9(13)5-10(7)14-6/h3-5H,1-2H3,(H,15,16). The maximum absolute atomic E-state index is 13.5. The van der Waals surface area contributed by atoms with Crippen LogP contribution in [-0.4, -0.2) is 23.2 Å². The van der Waals surface area contributed by atoms with Gasteiger partial charge in [0, 0.05) is 17.1 Å².